The summed E-state index contributed by atoms with van der Waals surface area (Å²) in [6.45, 7) is 3.78. The lowest BCUT2D eigenvalue weighted by Gasteiger charge is -2.33. The number of hydrogen-bond donors (Lipinski definition) is 1. The van der Waals surface area contributed by atoms with Crippen LogP contribution in [0.1, 0.15) is 41.4 Å². The lowest BCUT2D eigenvalue weighted by Crippen LogP contribution is -2.35. The fourth-order valence-electron chi connectivity index (χ4n) is 3.62. The van der Waals surface area contributed by atoms with E-state index in [4.69, 9.17) is 5.73 Å². The molecule has 26 heavy (non-hydrogen) atoms. The highest BCUT2D eigenvalue weighted by molar-refractivity contribution is 5.97. The first-order chi connectivity index (χ1) is 12.6. The van der Waals surface area contributed by atoms with Crippen molar-refractivity contribution < 1.29 is 4.79 Å². The highest BCUT2D eigenvalue weighted by Crippen LogP contribution is 2.30. The van der Waals surface area contributed by atoms with E-state index in [9.17, 15) is 4.79 Å². The molecule has 3 heterocycles. The molecule has 0 radical (unpaired) electrons. The van der Waals surface area contributed by atoms with Gasteiger partial charge in [0.05, 0.1) is 5.56 Å². The average Bonchev–Trinajstić information content (AvgIpc) is 3.10. The van der Waals surface area contributed by atoms with Crippen LogP contribution in [0.4, 0.5) is 5.82 Å². The van der Waals surface area contributed by atoms with Gasteiger partial charge in [0.2, 0.25) is 0 Å². The second-order valence-electron chi connectivity index (χ2n) is 7.14. The topological polar surface area (TPSA) is 80.3 Å². The Morgan fingerprint density at radius 3 is 2.73 bits per heavy atom. The fourth-order valence-corrected chi connectivity index (χ4v) is 3.62. The van der Waals surface area contributed by atoms with Gasteiger partial charge in [-0.3, -0.25) is 4.79 Å². The zero-order chi connectivity index (χ0) is 18.5. The number of piperidine rings is 1. The third-order valence-corrected chi connectivity index (χ3v) is 4.96. The van der Waals surface area contributed by atoms with E-state index in [1.807, 2.05) is 6.20 Å². The van der Waals surface area contributed by atoms with Crippen LogP contribution < -0.4 is 10.6 Å². The molecule has 1 fully saturated rings. The van der Waals surface area contributed by atoms with Crippen LogP contribution in [-0.4, -0.2) is 59.1 Å². The Balaban J connectivity index is 1.63. The molecule has 1 saturated heterocycles. The van der Waals surface area contributed by atoms with Crippen LogP contribution in [0, 0.1) is 0 Å². The molecule has 7 nitrogen and oxygen atoms in total. The quantitative estimate of drug-likeness (QED) is 0.817. The summed E-state index contributed by atoms with van der Waals surface area (Å²) in [5.41, 5.74) is 5.99. The molecule has 2 aromatic heterocycles. The standard InChI is InChI=1S/C19H28N6O/c1-23(2)10-4-11-24-14-9-22-18(24)15-6-12-25(13-7-15)19-16(17(20)26)5-3-8-21-19/h3,5,8-9,14-15H,4,6-7,10-13H2,1-2H3,(H2,20,26). The average molecular weight is 356 g/mol. The lowest BCUT2D eigenvalue weighted by molar-refractivity contribution is 0.100. The minimum atomic E-state index is -0.424. The van der Waals surface area contributed by atoms with Crippen LogP contribution in [0.5, 0.6) is 0 Å². The van der Waals surface area contributed by atoms with Crippen molar-refractivity contribution in [1.82, 2.24) is 19.4 Å². The van der Waals surface area contributed by atoms with Crippen molar-refractivity contribution in [2.24, 2.45) is 5.73 Å². The van der Waals surface area contributed by atoms with E-state index in [0.717, 1.165) is 45.4 Å². The molecule has 7 heteroatoms. The van der Waals surface area contributed by atoms with Crippen LogP contribution in [0.15, 0.2) is 30.7 Å². The normalized spacial score (nSPS) is 15.6. The van der Waals surface area contributed by atoms with Crippen LogP contribution in [0.3, 0.4) is 0 Å². The summed E-state index contributed by atoms with van der Waals surface area (Å²) in [5, 5.41) is 0. The summed E-state index contributed by atoms with van der Waals surface area (Å²) < 4.78 is 2.29. The summed E-state index contributed by atoms with van der Waals surface area (Å²) >= 11 is 0. The van der Waals surface area contributed by atoms with Gasteiger partial charge in [0.25, 0.3) is 5.91 Å². The van der Waals surface area contributed by atoms with Gasteiger partial charge in [-0.05, 0) is 52.0 Å². The van der Waals surface area contributed by atoms with E-state index >= 15 is 0 Å². The number of amides is 1. The number of nitrogens with zero attached hydrogens (tertiary/aromatic N) is 5. The number of carbonyl (C=O) groups is 1. The van der Waals surface area contributed by atoms with Crippen molar-refractivity contribution in [3.05, 3.63) is 42.1 Å². The van der Waals surface area contributed by atoms with Gasteiger partial charge in [-0.15, -0.1) is 0 Å². The second-order valence-corrected chi connectivity index (χ2v) is 7.14. The van der Waals surface area contributed by atoms with Crippen molar-refractivity contribution in [1.29, 1.82) is 0 Å². The predicted octanol–water partition coefficient (Wildman–Crippen LogP) is 1.71. The zero-order valence-corrected chi connectivity index (χ0v) is 15.6. The molecule has 1 aliphatic rings. The first-order valence-corrected chi connectivity index (χ1v) is 9.22. The van der Waals surface area contributed by atoms with Crippen molar-refractivity contribution >= 4 is 11.7 Å². The van der Waals surface area contributed by atoms with Gasteiger partial charge in [0.15, 0.2) is 0 Å². The summed E-state index contributed by atoms with van der Waals surface area (Å²) in [7, 11) is 4.20. The van der Waals surface area contributed by atoms with Gasteiger partial charge in [0, 0.05) is 44.1 Å². The Morgan fingerprint density at radius 2 is 2.04 bits per heavy atom. The highest BCUT2D eigenvalue weighted by atomic mass is 16.1. The van der Waals surface area contributed by atoms with E-state index in [1.54, 1.807) is 18.3 Å². The van der Waals surface area contributed by atoms with Crippen LogP contribution >= 0.6 is 0 Å². The summed E-state index contributed by atoms with van der Waals surface area (Å²) in [5.74, 6) is 1.90. The van der Waals surface area contributed by atoms with E-state index in [0.29, 0.717) is 17.3 Å². The molecule has 0 aliphatic carbocycles. The molecule has 3 rings (SSSR count). The van der Waals surface area contributed by atoms with Crippen molar-refractivity contribution in [3.8, 4) is 0 Å². The number of primary amides is 1. The van der Waals surface area contributed by atoms with E-state index in [2.05, 4.69) is 44.6 Å². The van der Waals surface area contributed by atoms with Gasteiger partial charge in [-0.2, -0.15) is 0 Å². The number of aryl methyl sites for hydroxylation is 1. The SMILES string of the molecule is CN(C)CCCn1ccnc1C1CCN(c2ncccc2C(N)=O)CC1. The molecule has 0 saturated carbocycles. The maximum atomic E-state index is 11.6. The minimum absolute atomic E-state index is 0.424. The Kier molecular flexibility index (Phi) is 5.88. The van der Waals surface area contributed by atoms with Gasteiger partial charge >= 0.3 is 0 Å². The van der Waals surface area contributed by atoms with E-state index < -0.39 is 5.91 Å². The highest BCUT2D eigenvalue weighted by Gasteiger charge is 2.26. The monoisotopic (exact) mass is 356 g/mol. The van der Waals surface area contributed by atoms with Crippen molar-refractivity contribution in [3.63, 3.8) is 0 Å². The van der Waals surface area contributed by atoms with Crippen molar-refractivity contribution in [2.75, 3.05) is 38.6 Å². The number of carbonyl (C=O) groups excluding carboxylic acids is 1. The number of pyridine rings is 1. The number of rotatable bonds is 7. The molecule has 1 amide bonds. The lowest BCUT2D eigenvalue weighted by atomic mass is 9.95. The molecule has 0 bridgehead atoms. The number of aromatic nitrogens is 3. The molecular formula is C19H28N6O. The number of anilines is 1. The Morgan fingerprint density at radius 1 is 1.27 bits per heavy atom. The summed E-state index contributed by atoms with van der Waals surface area (Å²) in [6, 6.07) is 3.50. The minimum Gasteiger partial charge on any atom is -0.365 e. The first-order valence-electron chi connectivity index (χ1n) is 9.22. The molecule has 0 unspecified atom stereocenters. The molecule has 0 atom stereocenters. The molecule has 140 valence electrons. The Bertz CT molecular complexity index is 733. The van der Waals surface area contributed by atoms with E-state index in [-0.39, 0.29) is 0 Å². The number of imidazole rings is 1. The third kappa shape index (κ3) is 4.22. The van der Waals surface area contributed by atoms with Crippen LogP contribution in [0.25, 0.3) is 0 Å². The molecule has 1 aliphatic heterocycles. The zero-order valence-electron chi connectivity index (χ0n) is 15.6. The maximum absolute atomic E-state index is 11.6. The smallest absolute Gasteiger partial charge is 0.252 e. The van der Waals surface area contributed by atoms with Gasteiger partial charge in [-0.1, -0.05) is 0 Å². The number of hydrogen-bond acceptors (Lipinski definition) is 5. The van der Waals surface area contributed by atoms with Crippen molar-refractivity contribution in [2.45, 2.75) is 31.7 Å². The summed E-state index contributed by atoms with van der Waals surface area (Å²) in [4.78, 5) is 25.0. The molecule has 0 spiro atoms. The predicted molar refractivity (Wildman–Crippen MR) is 102 cm³/mol. The van der Waals surface area contributed by atoms with Gasteiger partial charge in [-0.25, -0.2) is 9.97 Å². The largest absolute Gasteiger partial charge is 0.365 e. The summed E-state index contributed by atoms with van der Waals surface area (Å²) in [6.07, 6.45) is 8.82. The molecule has 0 aromatic carbocycles. The van der Waals surface area contributed by atoms with Crippen LogP contribution in [0.2, 0.25) is 0 Å². The van der Waals surface area contributed by atoms with Crippen LogP contribution in [-0.2, 0) is 6.54 Å². The van der Waals surface area contributed by atoms with E-state index in [1.165, 1.54) is 5.82 Å². The Labute approximate surface area is 154 Å². The van der Waals surface area contributed by atoms with Gasteiger partial charge in [0.1, 0.15) is 11.6 Å². The maximum Gasteiger partial charge on any atom is 0.252 e. The molecule has 2 N–H and O–H groups in total. The first kappa shape index (κ1) is 18.4. The fraction of sp³-hybridized carbons (Fsp3) is 0.526. The van der Waals surface area contributed by atoms with Gasteiger partial charge < -0.3 is 20.1 Å². The molecular weight excluding hydrogens is 328 g/mol. The third-order valence-electron chi connectivity index (χ3n) is 4.96. The number of nitrogens with two attached hydrogens (primary N) is 1. The molecule has 2 aromatic rings. The Hall–Kier alpha value is -2.41. The second kappa shape index (κ2) is 8.31.